The second-order valence-electron chi connectivity index (χ2n) is 9.23. The molecule has 0 radical (unpaired) electrons. The number of nitrogens with zero attached hydrogens (tertiary/aromatic N) is 5. The van der Waals surface area contributed by atoms with Gasteiger partial charge in [-0.2, -0.15) is 4.98 Å². The van der Waals surface area contributed by atoms with Gasteiger partial charge in [0.1, 0.15) is 29.1 Å². The Bertz CT molecular complexity index is 1120. The molecule has 0 aliphatic rings. The molecular weight excluding hydrogens is 460 g/mol. The highest BCUT2D eigenvalue weighted by Gasteiger charge is 2.25. The van der Waals surface area contributed by atoms with Crippen LogP contribution in [0.4, 0.5) is 10.5 Å². The molecule has 3 rings (SSSR count). The van der Waals surface area contributed by atoms with Crippen LogP contribution in [-0.4, -0.2) is 63.3 Å². The first-order valence-corrected chi connectivity index (χ1v) is 11.8. The van der Waals surface area contributed by atoms with Crippen LogP contribution in [0.5, 0.6) is 17.4 Å². The Kier molecular flexibility index (Phi) is 8.99. The van der Waals surface area contributed by atoms with E-state index < -0.39 is 5.60 Å². The predicted molar refractivity (Wildman–Crippen MR) is 137 cm³/mol. The lowest BCUT2D eigenvalue weighted by atomic mass is 10.1. The van der Waals surface area contributed by atoms with Crippen LogP contribution in [0.15, 0.2) is 49.2 Å². The minimum absolute atomic E-state index is 0.110. The van der Waals surface area contributed by atoms with E-state index in [1.807, 2.05) is 32.9 Å². The summed E-state index contributed by atoms with van der Waals surface area (Å²) in [6.45, 7) is 8.09. The van der Waals surface area contributed by atoms with Crippen molar-refractivity contribution < 1.29 is 19.0 Å². The number of hydrogen-bond donors (Lipinski definition) is 1. The molecule has 0 bridgehead atoms. The minimum Gasteiger partial charge on any atom is -0.497 e. The monoisotopic (exact) mass is 494 g/mol. The zero-order chi connectivity index (χ0) is 26.1. The largest absolute Gasteiger partial charge is 0.497 e. The Hall–Kier alpha value is -3.95. The molecule has 3 aromatic rings. The van der Waals surface area contributed by atoms with E-state index in [-0.39, 0.29) is 12.1 Å². The van der Waals surface area contributed by atoms with Crippen LogP contribution in [-0.2, 0) is 4.74 Å². The Morgan fingerprint density at radius 3 is 2.36 bits per heavy atom. The molecule has 36 heavy (non-hydrogen) atoms. The number of methoxy groups -OCH3 is 1. The van der Waals surface area contributed by atoms with Crippen LogP contribution in [0.3, 0.4) is 0 Å². The molecule has 10 nitrogen and oxygen atoms in total. The van der Waals surface area contributed by atoms with Gasteiger partial charge >= 0.3 is 6.09 Å². The summed E-state index contributed by atoms with van der Waals surface area (Å²) in [6.07, 6.45) is 7.71. The van der Waals surface area contributed by atoms with Gasteiger partial charge in [0.05, 0.1) is 24.9 Å². The highest BCUT2D eigenvalue weighted by molar-refractivity contribution is 5.68. The Labute approximate surface area is 212 Å². The lowest BCUT2D eigenvalue weighted by Crippen LogP contribution is -2.44. The maximum absolute atomic E-state index is 12.7. The van der Waals surface area contributed by atoms with E-state index in [1.165, 1.54) is 6.33 Å². The number of nitrogens with one attached hydrogen (secondary N) is 1. The molecule has 2 aromatic heterocycles. The van der Waals surface area contributed by atoms with Crippen LogP contribution in [0.1, 0.15) is 40.5 Å². The van der Waals surface area contributed by atoms with Gasteiger partial charge < -0.3 is 24.4 Å². The third-order valence-electron chi connectivity index (χ3n) is 5.23. The van der Waals surface area contributed by atoms with Crippen LogP contribution < -0.4 is 14.8 Å². The third kappa shape index (κ3) is 7.53. The summed E-state index contributed by atoms with van der Waals surface area (Å²) in [6, 6.07) is 7.10. The van der Waals surface area contributed by atoms with Crippen molar-refractivity contribution in [3.8, 4) is 28.8 Å². The Balaban J connectivity index is 1.84. The van der Waals surface area contributed by atoms with Crippen molar-refractivity contribution in [2.45, 2.75) is 52.2 Å². The van der Waals surface area contributed by atoms with Gasteiger partial charge in [0, 0.05) is 26.0 Å². The summed E-state index contributed by atoms with van der Waals surface area (Å²) in [5.74, 6) is 2.08. The van der Waals surface area contributed by atoms with Crippen LogP contribution in [0.25, 0.3) is 11.4 Å². The number of amides is 1. The van der Waals surface area contributed by atoms with Crippen molar-refractivity contribution in [1.82, 2.24) is 24.8 Å². The number of carbonyl (C=O) groups is 1. The van der Waals surface area contributed by atoms with E-state index in [4.69, 9.17) is 14.2 Å². The van der Waals surface area contributed by atoms with Gasteiger partial charge in [-0.3, -0.25) is 0 Å². The minimum atomic E-state index is -0.570. The van der Waals surface area contributed by atoms with E-state index in [1.54, 1.807) is 49.8 Å². The first-order valence-electron chi connectivity index (χ1n) is 11.8. The molecule has 1 atom stereocenters. The number of rotatable bonds is 10. The Morgan fingerprint density at radius 1 is 1.08 bits per heavy atom. The SMILES string of the molecule is CCCC(CNc1cnc(-c2cncnc2)nc1Oc1ccc(OC)cc1)N(C)C(=O)OC(C)(C)C. The second kappa shape index (κ2) is 12.1. The van der Waals surface area contributed by atoms with Gasteiger partial charge in [-0.15, -0.1) is 0 Å². The van der Waals surface area contributed by atoms with Crippen LogP contribution in [0.2, 0.25) is 0 Å². The molecule has 0 aliphatic heterocycles. The fourth-order valence-corrected chi connectivity index (χ4v) is 3.35. The quantitative estimate of drug-likeness (QED) is 0.407. The molecule has 10 heteroatoms. The number of carbonyl (C=O) groups excluding carboxylic acids is 1. The number of anilines is 1. The summed E-state index contributed by atoms with van der Waals surface area (Å²) in [5.41, 5.74) is 0.682. The van der Waals surface area contributed by atoms with Gasteiger partial charge in [0.2, 0.25) is 5.88 Å². The average Bonchev–Trinajstić information content (AvgIpc) is 2.86. The van der Waals surface area contributed by atoms with Crippen LogP contribution in [0, 0.1) is 0 Å². The predicted octanol–water partition coefficient (Wildman–Crippen LogP) is 5.18. The van der Waals surface area contributed by atoms with Crippen molar-refractivity contribution in [2.24, 2.45) is 0 Å². The van der Waals surface area contributed by atoms with Crippen LogP contribution >= 0.6 is 0 Å². The first-order chi connectivity index (χ1) is 17.2. The van der Waals surface area contributed by atoms with Crippen molar-refractivity contribution in [1.29, 1.82) is 0 Å². The lowest BCUT2D eigenvalue weighted by Gasteiger charge is -2.31. The topological polar surface area (TPSA) is 112 Å². The molecule has 1 amide bonds. The van der Waals surface area contributed by atoms with E-state index in [9.17, 15) is 4.79 Å². The van der Waals surface area contributed by atoms with Gasteiger partial charge in [0.15, 0.2) is 5.82 Å². The molecule has 0 saturated carbocycles. The van der Waals surface area contributed by atoms with Gasteiger partial charge in [-0.05, 0) is 51.5 Å². The number of hydrogen-bond acceptors (Lipinski definition) is 9. The second-order valence-corrected chi connectivity index (χ2v) is 9.23. The zero-order valence-electron chi connectivity index (χ0n) is 21.7. The fourth-order valence-electron chi connectivity index (χ4n) is 3.35. The lowest BCUT2D eigenvalue weighted by molar-refractivity contribution is 0.0224. The molecule has 2 heterocycles. The molecule has 1 unspecified atom stereocenters. The number of ether oxygens (including phenoxy) is 3. The molecule has 1 aromatic carbocycles. The normalized spacial score (nSPS) is 11.9. The summed E-state index contributed by atoms with van der Waals surface area (Å²) < 4.78 is 16.9. The zero-order valence-corrected chi connectivity index (χ0v) is 21.7. The number of likely N-dealkylation sites (N-methyl/N-ethyl adjacent to an activating group) is 1. The fraction of sp³-hybridized carbons (Fsp3) is 0.423. The molecule has 0 spiro atoms. The van der Waals surface area contributed by atoms with Crippen molar-refractivity contribution in [3.05, 3.63) is 49.2 Å². The van der Waals surface area contributed by atoms with E-state index in [0.717, 1.165) is 18.6 Å². The van der Waals surface area contributed by atoms with E-state index in [0.29, 0.717) is 35.2 Å². The van der Waals surface area contributed by atoms with Crippen molar-refractivity contribution >= 4 is 11.8 Å². The molecule has 1 N–H and O–H groups in total. The van der Waals surface area contributed by atoms with E-state index >= 15 is 0 Å². The maximum Gasteiger partial charge on any atom is 0.410 e. The molecule has 0 saturated heterocycles. The van der Waals surface area contributed by atoms with Crippen molar-refractivity contribution in [3.63, 3.8) is 0 Å². The third-order valence-corrected chi connectivity index (χ3v) is 5.23. The Morgan fingerprint density at radius 2 is 1.75 bits per heavy atom. The van der Waals surface area contributed by atoms with Gasteiger partial charge in [0.25, 0.3) is 0 Å². The van der Waals surface area contributed by atoms with Crippen molar-refractivity contribution in [2.75, 3.05) is 26.0 Å². The highest BCUT2D eigenvalue weighted by Crippen LogP contribution is 2.30. The average molecular weight is 495 g/mol. The molecule has 192 valence electrons. The summed E-state index contributed by atoms with van der Waals surface area (Å²) >= 11 is 0. The highest BCUT2D eigenvalue weighted by atomic mass is 16.6. The summed E-state index contributed by atoms with van der Waals surface area (Å²) in [7, 11) is 3.36. The smallest absolute Gasteiger partial charge is 0.410 e. The molecule has 0 aliphatic carbocycles. The number of aromatic nitrogens is 4. The molecular formula is C26H34N6O4. The summed E-state index contributed by atoms with van der Waals surface area (Å²) in [4.78, 5) is 31.5. The standard InChI is InChI=1S/C26H34N6O4/c1-7-8-19(32(5)25(33)36-26(2,3)4)15-29-22-16-30-23(18-13-27-17-28-14-18)31-24(22)35-21-11-9-20(34-6)10-12-21/h9-14,16-17,19,29H,7-8,15H2,1-6H3. The summed E-state index contributed by atoms with van der Waals surface area (Å²) in [5, 5.41) is 3.36. The maximum atomic E-state index is 12.7. The number of benzene rings is 1. The van der Waals surface area contributed by atoms with E-state index in [2.05, 4.69) is 32.2 Å². The molecule has 0 fully saturated rings. The van der Waals surface area contributed by atoms with Gasteiger partial charge in [-0.1, -0.05) is 13.3 Å². The van der Waals surface area contributed by atoms with Gasteiger partial charge in [-0.25, -0.2) is 19.7 Å². The first kappa shape index (κ1) is 26.7.